The van der Waals surface area contributed by atoms with Gasteiger partial charge in [-0.25, -0.2) is 0 Å². The normalized spacial score (nSPS) is 35.3. The molecule has 1 aromatic rings. The highest BCUT2D eigenvalue weighted by Crippen LogP contribution is 2.56. The molecule has 2 bridgehead atoms. The van der Waals surface area contributed by atoms with Crippen LogP contribution < -0.4 is 0 Å². The van der Waals surface area contributed by atoms with Gasteiger partial charge >= 0.3 is 0 Å². The number of hydrogen-bond donors (Lipinski definition) is 1. The van der Waals surface area contributed by atoms with Crippen LogP contribution in [0.2, 0.25) is 0 Å². The molecule has 1 aliphatic carbocycles. The van der Waals surface area contributed by atoms with Crippen molar-refractivity contribution in [3.05, 3.63) is 40.1 Å². The highest BCUT2D eigenvalue weighted by molar-refractivity contribution is 6.26. The van der Waals surface area contributed by atoms with Crippen LogP contribution in [0.3, 0.4) is 0 Å². The second kappa shape index (κ2) is 4.94. The van der Waals surface area contributed by atoms with Crippen LogP contribution in [0.1, 0.15) is 42.0 Å². The number of allylic oxidation sites excluding steroid dienone is 1. The van der Waals surface area contributed by atoms with Gasteiger partial charge in [0.05, 0.1) is 29.6 Å². The minimum absolute atomic E-state index is 0.00633. The van der Waals surface area contributed by atoms with Crippen molar-refractivity contribution in [2.75, 3.05) is 0 Å². The summed E-state index contributed by atoms with van der Waals surface area (Å²) in [5.74, 6) is 0.542. The van der Waals surface area contributed by atoms with E-state index in [4.69, 9.17) is 4.74 Å². The number of carbonyl (C=O) groups excluding carboxylic acids is 1. The Labute approximate surface area is 137 Å². The van der Waals surface area contributed by atoms with Crippen molar-refractivity contribution >= 4 is 11.4 Å². The quantitative estimate of drug-likeness (QED) is 0.901. The maximum absolute atomic E-state index is 13.1. The molecule has 3 heteroatoms. The summed E-state index contributed by atoms with van der Waals surface area (Å²) >= 11 is 0. The van der Waals surface area contributed by atoms with Gasteiger partial charge in [0.15, 0.2) is 5.78 Å². The fraction of sp³-hybridized carbons (Fsp3) is 0.550. The Morgan fingerprint density at radius 1 is 1.17 bits per heavy atom. The molecule has 2 heterocycles. The van der Waals surface area contributed by atoms with Crippen LogP contribution in [0, 0.1) is 38.5 Å². The van der Waals surface area contributed by atoms with Crippen molar-refractivity contribution in [3.8, 4) is 0 Å². The molecular weight excluding hydrogens is 288 g/mol. The Hall–Kier alpha value is -1.61. The number of aryl methyl sites for hydroxylation is 3. The minimum atomic E-state index is -0.169. The summed E-state index contributed by atoms with van der Waals surface area (Å²) in [6.45, 7) is 8.27. The number of hydrogen-bond acceptors (Lipinski definition) is 3. The SMILES string of the molecule is CCC1CC2OC1[C@H]1C(O)=C(c3c(C)cc(C)cc3C)C(=O)[C@@H]21. The predicted molar refractivity (Wildman–Crippen MR) is 89.2 cm³/mol. The molecule has 2 aliphatic heterocycles. The molecule has 3 unspecified atom stereocenters. The minimum Gasteiger partial charge on any atom is -0.511 e. The lowest BCUT2D eigenvalue weighted by atomic mass is 9.74. The number of aliphatic hydroxyl groups is 1. The molecule has 3 nitrogen and oxygen atoms in total. The van der Waals surface area contributed by atoms with E-state index in [1.807, 2.05) is 13.8 Å². The number of ether oxygens (including phenoxy) is 1. The van der Waals surface area contributed by atoms with Crippen molar-refractivity contribution < 1.29 is 14.6 Å². The van der Waals surface area contributed by atoms with E-state index in [1.54, 1.807) is 0 Å². The molecule has 5 atom stereocenters. The van der Waals surface area contributed by atoms with Gasteiger partial charge in [-0.2, -0.15) is 0 Å². The van der Waals surface area contributed by atoms with Crippen molar-refractivity contribution in [2.45, 2.75) is 52.7 Å². The second-order valence-corrected chi connectivity index (χ2v) is 7.49. The highest BCUT2D eigenvalue weighted by atomic mass is 16.5. The van der Waals surface area contributed by atoms with Crippen LogP contribution in [-0.2, 0) is 9.53 Å². The van der Waals surface area contributed by atoms with E-state index >= 15 is 0 Å². The summed E-state index contributed by atoms with van der Waals surface area (Å²) in [4.78, 5) is 13.1. The smallest absolute Gasteiger partial charge is 0.173 e. The van der Waals surface area contributed by atoms with Crippen molar-refractivity contribution in [3.63, 3.8) is 0 Å². The monoisotopic (exact) mass is 312 g/mol. The summed E-state index contributed by atoms with van der Waals surface area (Å²) in [6, 6.07) is 4.17. The van der Waals surface area contributed by atoms with Gasteiger partial charge in [0.25, 0.3) is 0 Å². The number of aliphatic hydroxyl groups excluding tert-OH is 1. The molecule has 0 radical (unpaired) electrons. The number of carbonyl (C=O) groups is 1. The van der Waals surface area contributed by atoms with Gasteiger partial charge in [0.2, 0.25) is 0 Å². The van der Waals surface area contributed by atoms with Crippen LogP contribution in [0.25, 0.3) is 5.57 Å². The molecule has 1 aromatic carbocycles. The number of rotatable bonds is 2. The van der Waals surface area contributed by atoms with Crippen LogP contribution in [0.5, 0.6) is 0 Å². The van der Waals surface area contributed by atoms with Crippen molar-refractivity contribution in [2.24, 2.45) is 17.8 Å². The zero-order chi connectivity index (χ0) is 16.5. The Balaban J connectivity index is 1.83. The number of fused-ring (bicyclic) bond motifs is 5. The molecule has 2 saturated heterocycles. The molecular formula is C20H24O3. The second-order valence-electron chi connectivity index (χ2n) is 7.49. The summed E-state index contributed by atoms with van der Waals surface area (Å²) in [7, 11) is 0. The highest BCUT2D eigenvalue weighted by Gasteiger charge is 2.61. The average molecular weight is 312 g/mol. The predicted octanol–water partition coefficient (Wildman–Crippen LogP) is 3.89. The van der Waals surface area contributed by atoms with Gasteiger partial charge in [-0.15, -0.1) is 0 Å². The van der Waals surface area contributed by atoms with Gasteiger partial charge in [0, 0.05) is 0 Å². The fourth-order valence-corrected chi connectivity index (χ4v) is 5.19. The lowest BCUT2D eigenvalue weighted by molar-refractivity contribution is -0.118. The van der Waals surface area contributed by atoms with E-state index in [0.717, 1.165) is 29.5 Å². The number of benzene rings is 1. The molecule has 0 spiro atoms. The largest absolute Gasteiger partial charge is 0.511 e. The molecule has 0 saturated carbocycles. The summed E-state index contributed by atoms with van der Waals surface area (Å²) in [6.07, 6.45) is 2.01. The third-order valence-corrected chi connectivity index (χ3v) is 6.05. The molecule has 0 amide bonds. The molecule has 0 aromatic heterocycles. The maximum Gasteiger partial charge on any atom is 0.173 e. The molecule has 3 aliphatic rings. The van der Waals surface area contributed by atoms with Gasteiger partial charge < -0.3 is 9.84 Å². The fourth-order valence-electron chi connectivity index (χ4n) is 5.19. The van der Waals surface area contributed by atoms with Crippen LogP contribution in [0.4, 0.5) is 0 Å². The molecule has 23 heavy (non-hydrogen) atoms. The van der Waals surface area contributed by atoms with Gasteiger partial charge in [-0.3, -0.25) is 4.79 Å². The zero-order valence-corrected chi connectivity index (χ0v) is 14.2. The Bertz CT molecular complexity index is 707. The van der Waals surface area contributed by atoms with Crippen molar-refractivity contribution in [1.82, 2.24) is 0 Å². The lowest BCUT2D eigenvalue weighted by Gasteiger charge is -2.26. The van der Waals surface area contributed by atoms with E-state index in [2.05, 4.69) is 26.0 Å². The molecule has 1 N–H and O–H groups in total. The Morgan fingerprint density at radius 2 is 1.83 bits per heavy atom. The first-order valence-corrected chi connectivity index (χ1v) is 8.65. The summed E-state index contributed by atoms with van der Waals surface area (Å²) in [5, 5.41) is 10.9. The third-order valence-electron chi connectivity index (χ3n) is 6.05. The van der Waals surface area contributed by atoms with Crippen molar-refractivity contribution in [1.29, 1.82) is 0 Å². The summed E-state index contributed by atoms with van der Waals surface area (Å²) < 4.78 is 6.03. The molecule has 4 rings (SSSR count). The van der Waals surface area contributed by atoms with Crippen LogP contribution in [-0.4, -0.2) is 23.1 Å². The molecule has 122 valence electrons. The molecule has 2 fully saturated rings. The van der Waals surface area contributed by atoms with E-state index in [0.29, 0.717) is 11.5 Å². The van der Waals surface area contributed by atoms with E-state index in [9.17, 15) is 9.90 Å². The average Bonchev–Trinajstić information content (AvgIpc) is 3.12. The Kier molecular flexibility index (Phi) is 3.21. The maximum atomic E-state index is 13.1. The summed E-state index contributed by atoms with van der Waals surface area (Å²) in [5.41, 5.74) is 4.81. The number of ketones is 1. The first-order valence-electron chi connectivity index (χ1n) is 8.65. The first-order chi connectivity index (χ1) is 10.9. The first kappa shape index (κ1) is 14.9. The number of Topliss-reactive ketones (excluding diaryl/α,β-unsaturated/α-hetero) is 1. The van der Waals surface area contributed by atoms with Gasteiger partial charge in [-0.1, -0.05) is 31.0 Å². The van der Waals surface area contributed by atoms with E-state index in [-0.39, 0.29) is 35.6 Å². The van der Waals surface area contributed by atoms with Crippen LogP contribution >= 0.6 is 0 Å². The van der Waals surface area contributed by atoms with Crippen LogP contribution in [0.15, 0.2) is 17.9 Å². The van der Waals surface area contributed by atoms with E-state index in [1.165, 1.54) is 5.56 Å². The van der Waals surface area contributed by atoms with Gasteiger partial charge in [-0.05, 0) is 49.8 Å². The Morgan fingerprint density at radius 3 is 2.43 bits per heavy atom. The van der Waals surface area contributed by atoms with E-state index < -0.39 is 0 Å². The lowest BCUT2D eigenvalue weighted by Crippen LogP contribution is -2.34. The standard InChI is InChI=1S/C20H24O3/c1-5-12-8-13-15-17(20(12)23-13)19(22)16(18(15)21)14-10(3)6-9(2)7-11(14)4/h6-7,12-13,15,17,20,22H,5,8H2,1-4H3/t12?,13?,15-,17+,20?/m0/s1. The topological polar surface area (TPSA) is 46.5 Å². The third kappa shape index (κ3) is 1.89. The zero-order valence-electron chi connectivity index (χ0n) is 14.2. The van der Waals surface area contributed by atoms with Gasteiger partial charge in [0.1, 0.15) is 5.76 Å².